The van der Waals surface area contributed by atoms with Gasteiger partial charge < -0.3 is 19.7 Å². The van der Waals surface area contributed by atoms with Gasteiger partial charge in [0.1, 0.15) is 16.9 Å². The number of para-hydroxylation sites is 1. The number of nitrogens with one attached hydrogen (secondary N) is 1. The van der Waals surface area contributed by atoms with Crippen LogP contribution in [0.2, 0.25) is 0 Å². The Hall–Kier alpha value is -2.35. The van der Waals surface area contributed by atoms with Crippen LogP contribution in [0.5, 0.6) is 5.75 Å². The Morgan fingerprint density at radius 2 is 2.00 bits per heavy atom. The van der Waals surface area contributed by atoms with Gasteiger partial charge >= 0.3 is 6.09 Å². The number of carbonyl (C=O) groups excluding carboxylic acids is 2. The third-order valence-corrected chi connectivity index (χ3v) is 5.52. The van der Waals surface area contributed by atoms with Crippen molar-refractivity contribution in [3.8, 4) is 5.75 Å². The van der Waals surface area contributed by atoms with Gasteiger partial charge in [-0.15, -0.1) is 0 Å². The molecule has 1 fully saturated rings. The van der Waals surface area contributed by atoms with Crippen molar-refractivity contribution in [2.75, 3.05) is 25.5 Å². The van der Waals surface area contributed by atoms with Gasteiger partial charge in [-0.2, -0.15) is 0 Å². The average Bonchev–Trinajstić information content (AvgIpc) is 3.02. The summed E-state index contributed by atoms with van der Waals surface area (Å²) in [6, 6.07) is 5.72. The second kappa shape index (κ2) is 8.34. The van der Waals surface area contributed by atoms with Crippen molar-refractivity contribution < 1.29 is 19.1 Å². The first-order chi connectivity index (χ1) is 13.2. The zero-order valence-electron chi connectivity index (χ0n) is 16.8. The summed E-state index contributed by atoms with van der Waals surface area (Å²) < 4.78 is 11.7. The maximum atomic E-state index is 12.4. The molecule has 7 nitrogen and oxygen atoms in total. The normalized spacial score (nSPS) is 15.5. The van der Waals surface area contributed by atoms with E-state index < -0.39 is 5.60 Å². The molecule has 0 bridgehead atoms. The van der Waals surface area contributed by atoms with Crippen molar-refractivity contribution >= 4 is 38.7 Å². The van der Waals surface area contributed by atoms with Crippen LogP contribution in [0.1, 0.15) is 40.0 Å². The van der Waals surface area contributed by atoms with E-state index in [9.17, 15) is 9.59 Å². The molecule has 1 N–H and O–H groups in total. The van der Waals surface area contributed by atoms with Gasteiger partial charge in [0.25, 0.3) is 0 Å². The van der Waals surface area contributed by atoms with E-state index in [-0.39, 0.29) is 17.9 Å². The van der Waals surface area contributed by atoms with Gasteiger partial charge in [-0.05, 0) is 51.7 Å². The number of amides is 2. The molecule has 28 heavy (non-hydrogen) atoms. The number of fused-ring (bicyclic) bond motifs is 1. The van der Waals surface area contributed by atoms with E-state index in [2.05, 4.69) is 10.3 Å². The average molecular weight is 406 g/mol. The number of aromatic nitrogens is 1. The fourth-order valence-electron chi connectivity index (χ4n) is 3.22. The quantitative estimate of drug-likeness (QED) is 0.821. The first kappa shape index (κ1) is 20.4. The number of thiazole rings is 1. The largest absolute Gasteiger partial charge is 0.494 e. The van der Waals surface area contributed by atoms with Crippen LogP contribution in [-0.2, 0) is 9.53 Å². The number of ether oxygens (including phenoxy) is 2. The van der Waals surface area contributed by atoms with Crippen molar-refractivity contribution in [1.29, 1.82) is 0 Å². The topological polar surface area (TPSA) is 80.8 Å². The van der Waals surface area contributed by atoms with E-state index in [1.54, 1.807) is 12.0 Å². The summed E-state index contributed by atoms with van der Waals surface area (Å²) in [6.45, 7) is 6.81. The summed E-state index contributed by atoms with van der Waals surface area (Å²) >= 11 is 1.43. The van der Waals surface area contributed by atoms with Crippen molar-refractivity contribution in [1.82, 2.24) is 9.88 Å². The summed E-state index contributed by atoms with van der Waals surface area (Å²) in [5, 5.41) is 3.48. The van der Waals surface area contributed by atoms with Crippen molar-refractivity contribution in [2.45, 2.75) is 45.6 Å². The first-order valence-electron chi connectivity index (χ1n) is 9.46. The number of nitrogens with zero attached hydrogens (tertiary/aromatic N) is 2. The van der Waals surface area contributed by atoms with Gasteiger partial charge in [0.05, 0.1) is 11.8 Å². The van der Waals surface area contributed by atoms with Crippen molar-refractivity contribution in [3.63, 3.8) is 0 Å². The van der Waals surface area contributed by atoms with Crippen LogP contribution in [0.3, 0.4) is 0 Å². The van der Waals surface area contributed by atoms with Crippen LogP contribution >= 0.6 is 11.3 Å². The Balaban J connectivity index is 1.50. The van der Waals surface area contributed by atoms with Gasteiger partial charge in [-0.1, -0.05) is 17.4 Å². The molecule has 1 aliphatic rings. The molecular weight excluding hydrogens is 378 g/mol. The molecule has 0 spiro atoms. The smallest absolute Gasteiger partial charge is 0.410 e. The van der Waals surface area contributed by atoms with Crippen LogP contribution in [-0.4, -0.2) is 47.7 Å². The molecule has 1 aliphatic heterocycles. The number of carbonyl (C=O) groups is 2. The number of hydrogen-bond donors (Lipinski definition) is 1. The minimum Gasteiger partial charge on any atom is -0.494 e. The molecule has 0 atom stereocenters. The SMILES string of the molecule is COc1cccc2sc(NC(=O)CC3CCN(C(=O)OC(C)(C)C)CC3)nc12. The third-order valence-electron chi connectivity index (χ3n) is 4.59. The molecule has 1 saturated heterocycles. The minimum atomic E-state index is -0.492. The van der Waals surface area contributed by atoms with Gasteiger partial charge in [-0.25, -0.2) is 9.78 Å². The summed E-state index contributed by atoms with van der Waals surface area (Å²) in [5.41, 5.74) is 0.268. The van der Waals surface area contributed by atoms with Gasteiger partial charge in [0, 0.05) is 19.5 Å². The number of likely N-dealkylation sites (tertiary alicyclic amines) is 1. The van der Waals surface area contributed by atoms with E-state index in [1.807, 2.05) is 39.0 Å². The fourth-order valence-corrected chi connectivity index (χ4v) is 4.12. The molecule has 0 saturated carbocycles. The Labute approximate surface area is 169 Å². The van der Waals surface area contributed by atoms with Crippen LogP contribution < -0.4 is 10.1 Å². The fraction of sp³-hybridized carbons (Fsp3) is 0.550. The molecule has 2 amide bonds. The Kier molecular flexibility index (Phi) is 6.07. The van der Waals surface area contributed by atoms with E-state index in [0.29, 0.717) is 30.4 Å². The summed E-state index contributed by atoms with van der Waals surface area (Å²) in [6.07, 6.45) is 1.73. The number of hydrogen-bond acceptors (Lipinski definition) is 6. The highest BCUT2D eigenvalue weighted by molar-refractivity contribution is 7.22. The maximum absolute atomic E-state index is 12.4. The van der Waals surface area contributed by atoms with E-state index >= 15 is 0 Å². The predicted molar refractivity (Wildman–Crippen MR) is 110 cm³/mol. The standard InChI is InChI=1S/C20H27N3O4S/c1-20(2,3)27-19(25)23-10-8-13(9-11-23)12-16(24)21-18-22-17-14(26-4)6-5-7-15(17)28-18/h5-7,13H,8-12H2,1-4H3,(H,21,22,24). The van der Waals surface area contributed by atoms with Gasteiger partial charge in [0.15, 0.2) is 5.13 Å². The second-order valence-corrected chi connectivity index (χ2v) is 9.02. The molecule has 152 valence electrons. The van der Waals surface area contributed by atoms with Gasteiger partial charge in [-0.3, -0.25) is 4.79 Å². The first-order valence-corrected chi connectivity index (χ1v) is 10.3. The molecule has 0 unspecified atom stereocenters. The summed E-state index contributed by atoms with van der Waals surface area (Å²) in [5.74, 6) is 0.903. The Morgan fingerprint density at radius 1 is 1.29 bits per heavy atom. The predicted octanol–water partition coefficient (Wildman–Crippen LogP) is 4.28. The van der Waals surface area contributed by atoms with Crippen molar-refractivity contribution in [3.05, 3.63) is 18.2 Å². The number of anilines is 1. The molecular formula is C20H27N3O4S. The molecule has 1 aromatic heterocycles. The lowest BCUT2D eigenvalue weighted by atomic mass is 9.93. The van der Waals surface area contributed by atoms with Crippen LogP contribution in [0.15, 0.2) is 18.2 Å². The summed E-state index contributed by atoms with van der Waals surface area (Å²) in [7, 11) is 1.61. The lowest BCUT2D eigenvalue weighted by Crippen LogP contribution is -2.42. The molecule has 8 heteroatoms. The van der Waals surface area contributed by atoms with E-state index in [1.165, 1.54) is 11.3 Å². The Bertz CT molecular complexity index is 851. The highest BCUT2D eigenvalue weighted by Crippen LogP contribution is 2.32. The third kappa shape index (κ3) is 5.13. The lowest BCUT2D eigenvalue weighted by molar-refractivity contribution is -0.117. The zero-order chi connectivity index (χ0) is 20.3. The molecule has 2 aromatic rings. The minimum absolute atomic E-state index is 0.0475. The van der Waals surface area contributed by atoms with Crippen LogP contribution in [0.25, 0.3) is 10.2 Å². The molecule has 0 aliphatic carbocycles. The van der Waals surface area contributed by atoms with Crippen LogP contribution in [0, 0.1) is 5.92 Å². The van der Waals surface area contributed by atoms with E-state index in [0.717, 1.165) is 23.1 Å². The van der Waals surface area contributed by atoms with Gasteiger partial charge in [0.2, 0.25) is 5.91 Å². The second-order valence-electron chi connectivity index (χ2n) is 7.99. The molecule has 3 rings (SSSR count). The van der Waals surface area contributed by atoms with Crippen LogP contribution in [0.4, 0.5) is 9.93 Å². The molecule has 1 aromatic carbocycles. The lowest BCUT2D eigenvalue weighted by Gasteiger charge is -2.33. The maximum Gasteiger partial charge on any atom is 0.410 e. The van der Waals surface area contributed by atoms with Crippen molar-refractivity contribution in [2.24, 2.45) is 5.92 Å². The zero-order valence-corrected chi connectivity index (χ0v) is 17.6. The number of rotatable bonds is 4. The number of benzene rings is 1. The summed E-state index contributed by atoms with van der Waals surface area (Å²) in [4.78, 5) is 30.8. The number of methoxy groups -OCH3 is 1. The molecule has 2 heterocycles. The Morgan fingerprint density at radius 3 is 2.64 bits per heavy atom. The molecule has 0 radical (unpaired) electrons. The number of piperidine rings is 1. The highest BCUT2D eigenvalue weighted by Gasteiger charge is 2.28. The van der Waals surface area contributed by atoms with E-state index in [4.69, 9.17) is 9.47 Å². The monoisotopic (exact) mass is 405 g/mol. The highest BCUT2D eigenvalue weighted by atomic mass is 32.1.